The molecule has 0 N–H and O–H groups in total. The van der Waals surface area contributed by atoms with E-state index in [1.54, 1.807) is 0 Å². The van der Waals surface area contributed by atoms with Gasteiger partial charge in [0.1, 0.15) is 0 Å². The molecule has 0 fully saturated rings. The summed E-state index contributed by atoms with van der Waals surface area (Å²) < 4.78 is 0. The molecule has 2 nitrogen and oxygen atoms in total. The Morgan fingerprint density at radius 1 is 0.472 bits per heavy atom. The van der Waals surface area contributed by atoms with E-state index in [0.717, 1.165) is 6.42 Å². The summed E-state index contributed by atoms with van der Waals surface area (Å²) in [6, 6.07) is 8.46. The Morgan fingerprint density at radius 2 is 0.750 bits per heavy atom. The van der Waals surface area contributed by atoms with Crippen molar-refractivity contribution in [1.29, 1.82) is 0 Å². The Morgan fingerprint density at radius 3 is 1.06 bits per heavy atom. The maximum Gasteiger partial charge on any atom is 0.0270 e. The van der Waals surface area contributed by atoms with E-state index in [1.165, 1.54) is 140 Å². The highest BCUT2D eigenvalue weighted by Gasteiger charge is 2.28. The van der Waals surface area contributed by atoms with Crippen molar-refractivity contribution in [3.8, 4) is 0 Å². The van der Waals surface area contributed by atoms with Gasteiger partial charge in [-0.3, -0.25) is 9.97 Å². The van der Waals surface area contributed by atoms with Crippen LogP contribution in [0.5, 0.6) is 0 Å². The first-order valence-corrected chi connectivity index (χ1v) is 15.4. The molecular weight excluding hydrogens is 436 g/mol. The molecule has 0 bridgehead atoms. The fourth-order valence-electron chi connectivity index (χ4n) is 5.48. The number of aromatic nitrogens is 2. The Balaban J connectivity index is 1.42. The second kappa shape index (κ2) is 20.4. The molecule has 2 heteroatoms. The van der Waals surface area contributed by atoms with Crippen LogP contribution >= 0.6 is 0 Å². The first kappa shape index (κ1) is 30.5. The summed E-state index contributed by atoms with van der Waals surface area (Å²) >= 11 is 0. The van der Waals surface area contributed by atoms with Gasteiger partial charge < -0.3 is 0 Å². The van der Waals surface area contributed by atoms with E-state index in [0.29, 0.717) is 0 Å². The van der Waals surface area contributed by atoms with Crippen molar-refractivity contribution in [2.24, 2.45) is 0 Å². The molecule has 2 heterocycles. The number of hydrogen-bond donors (Lipinski definition) is 0. The average Bonchev–Trinajstić information content (AvgIpc) is 2.93. The number of unbranched alkanes of at least 4 members (excludes halogenated alkanes) is 19. The molecular formula is C34H55N2. The van der Waals surface area contributed by atoms with Crippen LogP contribution in [0.15, 0.2) is 49.1 Å². The van der Waals surface area contributed by atoms with Crippen LogP contribution in [0.1, 0.15) is 153 Å². The molecule has 0 atom stereocenters. The summed E-state index contributed by atoms with van der Waals surface area (Å²) in [7, 11) is 0. The van der Waals surface area contributed by atoms with Crippen LogP contribution in [0.2, 0.25) is 0 Å². The minimum atomic E-state index is -0.208. The number of nitrogens with zero attached hydrogens (tertiary/aromatic N) is 2. The topological polar surface area (TPSA) is 25.8 Å². The smallest absolute Gasteiger partial charge is 0.0270 e. The number of rotatable bonds is 23. The van der Waals surface area contributed by atoms with Crippen molar-refractivity contribution in [3.63, 3.8) is 0 Å². The quantitative estimate of drug-likeness (QED) is 0.144. The first-order chi connectivity index (χ1) is 17.8. The fourth-order valence-corrected chi connectivity index (χ4v) is 5.48. The maximum atomic E-state index is 4.67. The molecule has 2 aromatic heterocycles. The van der Waals surface area contributed by atoms with E-state index >= 15 is 0 Å². The highest BCUT2D eigenvalue weighted by molar-refractivity contribution is 5.38. The summed E-state index contributed by atoms with van der Waals surface area (Å²) in [5.41, 5.74) is 2.29. The minimum Gasteiger partial charge on any atom is -0.265 e. The Kier molecular flexibility index (Phi) is 17.3. The zero-order valence-electron chi connectivity index (χ0n) is 23.6. The molecule has 2 rings (SSSR count). The molecule has 0 amide bonds. The van der Waals surface area contributed by atoms with Crippen molar-refractivity contribution in [1.82, 2.24) is 9.97 Å². The van der Waals surface area contributed by atoms with Crippen LogP contribution in [0.3, 0.4) is 0 Å². The lowest BCUT2D eigenvalue weighted by molar-refractivity contribution is 0.496. The zero-order valence-corrected chi connectivity index (χ0v) is 23.6. The van der Waals surface area contributed by atoms with Crippen molar-refractivity contribution < 1.29 is 0 Å². The van der Waals surface area contributed by atoms with E-state index in [2.05, 4.69) is 48.1 Å². The summed E-state index contributed by atoms with van der Waals surface area (Å²) in [6.07, 6.45) is 37.0. The van der Waals surface area contributed by atoms with Gasteiger partial charge in [-0.15, -0.1) is 0 Å². The lowest BCUT2D eigenvalue weighted by Gasteiger charge is -2.30. The molecule has 0 aliphatic heterocycles. The van der Waals surface area contributed by atoms with E-state index in [9.17, 15) is 0 Å². The van der Waals surface area contributed by atoms with Crippen LogP contribution in [-0.4, -0.2) is 9.97 Å². The Bertz CT molecular complexity index is 688. The van der Waals surface area contributed by atoms with Gasteiger partial charge in [0, 0.05) is 30.2 Å². The van der Waals surface area contributed by atoms with Gasteiger partial charge in [-0.25, -0.2) is 0 Å². The number of hydrogen-bond acceptors (Lipinski definition) is 2. The van der Waals surface area contributed by atoms with Crippen LogP contribution < -0.4 is 0 Å². The van der Waals surface area contributed by atoms with Crippen molar-refractivity contribution in [3.05, 3.63) is 67.1 Å². The van der Waals surface area contributed by atoms with Gasteiger partial charge in [0.15, 0.2) is 0 Å². The summed E-state index contributed by atoms with van der Waals surface area (Å²) in [5, 5.41) is 0. The highest BCUT2D eigenvalue weighted by Crippen LogP contribution is 2.36. The Labute approximate surface area is 224 Å². The predicted molar refractivity (Wildman–Crippen MR) is 157 cm³/mol. The molecule has 201 valence electrons. The minimum absolute atomic E-state index is 0.208. The van der Waals surface area contributed by atoms with Crippen molar-refractivity contribution >= 4 is 0 Å². The van der Waals surface area contributed by atoms with Gasteiger partial charge >= 0.3 is 0 Å². The third kappa shape index (κ3) is 13.0. The summed E-state index contributed by atoms with van der Waals surface area (Å²) in [4.78, 5) is 8.40. The molecule has 0 saturated heterocycles. The van der Waals surface area contributed by atoms with Gasteiger partial charge in [-0.1, -0.05) is 135 Å². The van der Waals surface area contributed by atoms with Gasteiger partial charge in [0.2, 0.25) is 0 Å². The van der Waals surface area contributed by atoms with Crippen LogP contribution in [0.25, 0.3) is 0 Å². The van der Waals surface area contributed by atoms with Crippen LogP contribution in [0, 0.1) is 6.92 Å². The summed E-state index contributed by atoms with van der Waals surface area (Å²) in [5.74, 6) is 0. The molecule has 0 aliphatic carbocycles. The lowest BCUT2D eigenvalue weighted by Crippen LogP contribution is -2.24. The van der Waals surface area contributed by atoms with E-state index in [4.69, 9.17) is 0 Å². The van der Waals surface area contributed by atoms with Crippen LogP contribution in [-0.2, 0) is 5.41 Å². The third-order valence-electron chi connectivity index (χ3n) is 7.92. The second-order valence-electron chi connectivity index (χ2n) is 11.0. The summed E-state index contributed by atoms with van der Waals surface area (Å²) in [6.45, 7) is 6.97. The second-order valence-corrected chi connectivity index (χ2v) is 11.0. The molecule has 2 aromatic rings. The van der Waals surface area contributed by atoms with Gasteiger partial charge in [-0.2, -0.15) is 0 Å². The molecule has 0 aromatic carbocycles. The van der Waals surface area contributed by atoms with E-state index in [-0.39, 0.29) is 5.41 Å². The van der Waals surface area contributed by atoms with E-state index < -0.39 is 0 Å². The molecule has 1 radical (unpaired) electrons. The standard InChI is InChI=1S/C34H55N2/c1-3-4-5-6-7-8-9-10-11-12-13-14-15-16-17-18-19-20-21-22-27-34(2,32-23-28-35-29-24-32)33-25-30-36-31-26-33/h23-26,28-31H,2-22,27H2,1H3. The van der Waals surface area contributed by atoms with Gasteiger partial charge in [-0.05, 0) is 48.7 Å². The Hall–Kier alpha value is -1.70. The van der Waals surface area contributed by atoms with Gasteiger partial charge in [0.05, 0.1) is 0 Å². The lowest BCUT2D eigenvalue weighted by atomic mass is 9.73. The monoisotopic (exact) mass is 491 g/mol. The zero-order chi connectivity index (χ0) is 25.6. The molecule has 0 unspecified atom stereocenters. The molecule has 0 aliphatic rings. The largest absolute Gasteiger partial charge is 0.265 e. The molecule has 0 saturated carbocycles. The molecule has 0 spiro atoms. The van der Waals surface area contributed by atoms with Crippen LogP contribution in [0.4, 0.5) is 0 Å². The average molecular weight is 492 g/mol. The van der Waals surface area contributed by atoms with Crippen molar-refractivity contribution in [2.45, 2.75) is 147 Å². The SMILES string of the molecule is [CH2]C(CCCCCCCCCCCCCCCCCCCCCC)(c1ccncc1)c1ccncc1. The molecule has 36 heavy (non-hydrogen) atoms. The number of pyridine rings is 2. The predicted octanol–water partition coefficient (Wildman–Crippen LogP) is 10.8. The maximum absolute atomic E-state index is 4.67. The highest BCUT2D eigenvalue weighted by atomic mass is 14.6. The normalized spacial score (nSPS) is 11.7. The third-order valence-corrected chi connectivity index (χ3v) is 7.92. The van der Waals surface area contributed by atoms with Gasteiger partial charge in [0.25, 0.3) is 0 Å². The van der Waals surface area contributed by atoms with Crippen molar-refractivity contribution in [2.75, 3.05) is 0 Å². The fraction of sp³-hybridized carbons (Fsp3) is 0.676. The van der Waals surface area contributed by atoms with E-state index in [1.807, 2.05) is 24.8 Å². The first-order valence-electron chi connectivity index (χ1n) is 15.4.